The summed E-state index contributed by atoms with van der Waals surface area (Å²) in [7, 11) is 0. The van der Waals surface area contributed by atoms with Crippen LogP contribution in [0.2, 0.25) is 0 Å². The lowest BCUT2D eigenvalue weighted by Gasteiger charge is -1.95. The molecule has 1 nitrogen and oxygen atoms in total. The highest BCUT2D eigenvalue weighted by Crippen LogP contribution is 2.08. The molecular weight excluding hydrogens is 208 g/mol. The van der Waals surface area contributed by atoms with E-state index >= 15 is 0 Å². The van der Waals surface area contributed by atoms with Crippen LogP contribution in [0.3, 0.4) is 0 Å². The van der Waals surface area contributed by atoms with Crippen molar-refractivity contribution in [3.05, 3.63) is 66.1 Å². The van der Waals surface area contributed by atoms with Crippen molar-refractivity contribution in [3.8, 4) is 0 Å². The average molecular weight is 226 g/mol. The summed E-state index contributed by atoms with van der Waals surface area (Å²) in [5, 5.41) is 0. The highest BCUT2D eigenvalue weighted by atomic mass is 16.3. The molecule has 1 heterocycles. The van der Waals surface area contributed by atoms with Crippen LogP contribution < -0.4 is 0 Å². The standard InChI is InChI=1S/C16H18O/c1(2-5-11-16-12-13-17-14-16)4-8-15-9-6-3-7-10-15/h3-4,6-10,12-14H,1-2,5,11H2/b8-4+. The van der Waals surface area contributed by atoms with E-state index < -0.39 is 0 Å². The topological polar surface area (TPSA) is 13.1 Å². The maximum atomic E-state index is 5.04. The fourth-order valence-electron chi connectivity index (χ4n) is 1.81. The van der Waals surface area contributed by atoms with Crippen molar-refractivity contribution >= 4 is 6.08 Å². The van der Waals surface area contributed by atoms with Gasteiger partial charge in [0, 0.05) is 0 Å². The number of rotatable bonds is 6. The van der Waals surface area contributed by atoms with Gasteiger partial charge in [-0.25, -0.2) is 0 Å². The Bertz CT molecular complexity index is 426. The number of benzene rings is 1. The normalized spacial score (nSPS) is 11.1. The third-order valence-electron chi connectivity index (χ3n) is 2.78. The van der Waals surface area contributed by atoms with Crippen molar-refractivity contribution in [1.82, 2.24) is 0 Å². The van der Waals surface area contributed by atoms with Gasteiger partial charge in [0.1, 0.15) is 0 Å². The molecule has 0 atom stereocenters. The Balaban J connectivity index is 1.62. The molecule has 0 aliphatic rings. The van der Waals surface area contributed by atoms with Crippen LogP contribution in [-0.4, -0.2) is 0 Å². The number of unbranched alkanes of at least 4 members (excludes halogenated alkanes) is 2. The molecule has 0 bridgehead atoms. The summed E-state index contributed by atoms with van der Waals surface area (Å²) in [5.41, 5.74) is 2.58. The second kappa shape index (κ2) is 6.74. The largest absolute Gasteiger partial charge is 0.472 e. The molecule has 0 saturated heterocycles. The molecular formula is C16H18O. The predicted octanol–water partition coefficient (Wildman–Crippen LogP) is 4.71. The van der Waals surface area contributed by atoms with Crippen molar-refractivity contribution in [2.75, 3.05) is 0 Å². The van der Waals surface area contributed by atoms with Crippen molar-refractivity contribution in [1.29, 1.82) is 0 Å². The molecule has 0 N–H and O–H groups in total. The molecule has 17 heavy (non-hydrogen) atoms. The van der Waals surface area contributed by atoms with Gasteiger partial charge in [0.05, 0.1) is 12.5 Å². The van der Waals surface area contributed by atoms with E-state index in [2.05, 4.69) is 36.4 Å². The maximum Gasteiger partial charge on any atom is 0.0934 e. The van der Waals surface area contributed by atoms with E-state index in [0.717, 1.165) is 12.8 Å². The Labute approximate surface area is 103 Å². The molecule has 1 aromatic heterocycles. The minimum atomic E-state index is 1.12. The van der Waals surface area contributed by atoms with E-state index in [9.17, 15) is 0 Å². The van der Waals surface area contributed by atoms with E-state index in [4.69, 9.17) is 4.42 Å². The van der Waals surface area contributed by atoms with Crippen LogP contribution in [0.5, 0.6) is 0 Å². The summed E-state index contributed by atoms with van der Waals surface area (Å²) in [4.78, 5) is 0. The van der Waals surface area contributed by atoms with Gasteiger partial charge in [-0.3, -0.25) is 0 Å². The maximum absolute atomic E-state index is 5.04. The van der Waals surface area contributed by atoms with Crippen LogP contribution in [0, 0.1) is 0 Å². The fourth-order valence-corrected chi connectivity index (χ4v) is 1.81. The van der Waals surface area contributed by atoms with Crippen molar-refractivity contribution in [2.45, 2.75) is 25.7 Å². The fraction of sp³-hybridized carbons (Fsp3) is 0.250. The summed E-state index contributed by atoms with van der Waals surface area (Å²) in [6.45, 7) is 0. The zero-order chi connectivity index (χ0) is 11.8. The van der Waals surface area contributed by atoms with Gasteiger partial charge in [-0.05, 0) is 42.9 Å². The van der Waals surface area contributed by atoms with Gasteiger partial charge in [-0.15, -0.1) is 0 Å². The summed E-state index contributed by atoms with van der Waals surface area (Å²) in [5.74, 6) is 0. The van der Waals surface area contributed by atoms with E-state index in [0.29, 0.717) is 0 Å². The molecule has 2 rings (SSSR count). The van der Waals surface area contributed by atoms with Gasteiger partial charge < -0.3 is 4.42 Å². The number of hydrogen-bond acceptors (Lipinski definition) is 1. The molecule has 0 aliphatic heterocycles. The van der Waals surface area contributed by atoms with Gasteiger partial charge in [0.2, 0.25) is 0 Å². The van der Waals surface area contributed by atoms with Crippen LogP contribution in [0.25, 0.3) is 6.08 Å². The molecule has 1 aromatic carbocycles. The predicted molar refractivity (Wildman–Crippen MR) is 71.7 cm³/mol. The van der Waals surface area contributed by atoms with Gasteiger partial charge >= 0.3 is 0 Å². The van der Waals surface area contributed by atoms with E-state index in [-0.39, 0.29) is 0 Å². The van der Waals surface area contributed by atoms with Crippen molar-refractivity contribution in [3.63, 3.8) is 0 Å². The molecule has 0 unspecified atom stereocenters. The lowest BCUT2D eigenvalue weighted by molar-refractivity contribution is 0.562. The molecule has 0 radical (unpaired) electrons. The van der Waals surface area contributed by atoms with Gasteiger partial charge in [0.15, 0.2) is 0 Å². The first-order valence-corrected chi connectivity index (χ1v) is 6.18. The van der Waals surface area contributed by atoms with Crippen LogP contribution in [0.4, 0.5) is 0 Å². The lowest BCUT2D eigenvalue weighted by atomic mass is 10.1. The molecule has 2 aromatic rings. The molecule has 0 saturated carbocycles. The van der Waals surface area contributed by atoms with Crippen LogP contribution >= 0.6 is 0 Å². The SMILES string of the molecule is C(=C\c1ccccc1)/CCCCc1ccoc1. The zero-order valence-electron chi connectivity index (χ0n) is 10.0. The first-order chi connectivity index (χ1) is 8.45. The first kappa shape index (κ1) is 11.7. The molecule has 1 heteroatoms. The van der Waals surface area contributed by atoms with E-state index in [1.165, 1.54) is 24.0 Å². The van der Waals surface area contributed by atoms with E-state index in [1.807, 2.05) is 18.4 Å². The highest BCUT2D eigenvalue weighted by Gasteiger charge is 1.93. The Hall–Kier alpha value is -1.76. The Morgan fingerprint density at radius 1 is 1.00 bits per heavy atom. The number of furan rings is 1. The number of aryl methyl sites for hydroxylation is 1. The average Bonchev–Trinajstić information content (AvgIpc) is 2.88. The zero-order valence-corrected chi connectivity index (χ0v) is 10.0. The summed E-state index contributed by atoms with van der Waals surface area (Å²) in [6.07, 6.45) is 12.7. The van der Waals surface area contributed by atoms with Crippen LogP contribution in [-0.2, 0) is 6.42 Å². The smallest absolute Gasteiger partial charge is 0.0934 e. The Morgan fingerprint density at radius 2 is 1.88 bits per heavy atom. The van der Waals surface area contributed by atoms with Crippen molar-refractivity contribution in [2.24, 2.45) is 0 Å². The van der Waals surface area contributed by atoms with Gasteiger partial charge in [-0.1, -0.05) is 42.5 Å². The molecule has 0 spiro atoms. The lowest BCUT2D eigenvalue weighted by Crippen LogP contribution is -1.81. The van der Waals surface area contributed by atoms with Gasteiger partial charge in [-0.2, -0.15) is 0 Å². The molecule has 0 aliphatic carbocycles. The number of allylic oxidation sites excluding steroid dienone is 1. The minimum absolute atomic E-state index is 1.12. The first-order valence-electron chi connectivity index (χ1n) is 6.18. The second-order valence-corrected chi connectivity index (χ2v) is 4.19. The molecule has 0 fully saturated rings. The molecule has 88 valence electrons. The highest BCUT2D eigenvalue weighted by molar-refractivity contribution is 5.48. The minimum Gasteiger partial charge on any atom is -0.472 e. The third-order valence-corrected chi connectivity index (χ3v) is 2.78. The third kappa shape index (κ3) is 4.31. The van der Waals surface area contributed by atoms with Crippen molar-refractivity contribution < 1.29 is 4.42 Å². The van der Waals surface area contributed by atoms with E-state index in [1.54, 1.807) is 6.26 Å². The van der Waals surface area contributed by atoms with Gasteiger partial charge in [0.25, 0.3) is 0 Å². The monoisotopic (exact) mass is 226 g/mol. The second-order valence-electron chi connectivity index (χ2n) is 4.19. The Morgan fingerprint density at radius 3 is 2.65 bits per heavy atom. The van der Waals surface area contributed by atoms with Crippen LogP contribution in [0.15, 0.2) is 59.4 Å². The summed E-state index contributed by atoms with van der Waals surface area (Å²) < 4.78 is 5.04. The molecule has 0 amide bonds. The quantitative estimate of drug-likeness (QED) is 0.650. The van der Waals surface area contributed by atoms with Crippen LogP contribution in [0.1, 0.15) is 30.4 Å². The summed E-state index contributed by atoms with van der Waals surface area (Å²) >= 11 is 0. The number of hydrogen-bond donors (Lipinski definition) is 0. The summed E-state index contributed by atoms with van der Waals surface area (Å²) in [6, 6.07) is 12.5. The Kier molecular flexibility index (Phi) is 4.65.